The van der Waals surface area contributed by atoms with E-state index in [4.69, 9.17) is 16.3 Å². The van der Waals surface area contributed by atoms with Gasteiger partial charge in [-0.2, -0.15) is 0 Å². The normalized spacial score (nSPS) is 12.1. The van der Waals surface area contributed by atoms with E-state index < -0.39 is 10.0 Å². The second-order valence-electron chi connectivity index (χ2n) is 7.03. The molecule has 0 radical (unpaired) electrons. The molecule has 2 N–H and O–H groups in total. The van der Waals surface area contributed by atoms with Crippen molar-refractivity contribution in [3.8, 4) is 5.75 Å². The number of amides is 1. The van der Waals surface area contributed by atoms with Gasteiger partial charge < -0.3 is 10.1 Å². The molecule has 31 heavy (non-hydrogen) atoms. The molecule has 0 aliphatic carbocycles. The smallest absolute Gasteiger partial charge is 0.261 e. The fraction of sp³-hybridized carbons (Fsp3) is 0.174. The average Bonchev–Trinajstić information content (AvgIpc) is 2.75. The lowest BCUT2D eigenvalue weighted by Gasteiger charge is -2.15. The monoisotopic (exact) mass is 458 g/mol. The number of ether oxygens (including phenoxy) is 1. The van der Waals surface area contributed by atoms with Crippen LogP contribution in [0.2, 0.25) is 5.02 Å². The van der Waals surface area contributed by atoms with E-state index in [9.17, 15) is 13.2 Å². The lowest BCUT2D eigenvalue weighted by atomic mass is 10.1. The predicted octanol–water partition coefficient (Wildman–Crippen LogP) is 4.71. The van der Waals surface area contributed by atoms with Gasteiger partial charge in [0.1, 0.15) is 5.75 Å². The molecular weight excluding hydrogens is 436 g/mol. The van der Waals surface area contributed by atoms with E-state index in [2.05, 4.69) is 10.0 Å². The molecule has 0 aliphatic heterocycles. The third-order valence-electron chi connectivity index (χ3n) is 4.61. The van der Waals surface area contributed by atoms with Crippen molar-refractivity contribution in [3.63, 3.8) is 0 Å². The summed E-state index contributed by atoms with van der Waals surface area (Å²) in [7, 11) is -3.78. The molecule has 1 atom stereocenters. The SMILES string of the molecule is Cc1ccc(NS(=O)(=O)c2ccc(OCC(=O)N[C@H](C)c3ccccc3)cc2)cc1Cl. The molecule has 6 nitrogen and oxygen atoms in total. The minimum Gasteiger partial charge on any atom is -0.484 e. The van der Waals surface area contributed by atoms with Crippen molar-refractivity contribution >= 4 is 33.2 Å². The van der Waals surface area contributed by atoms with Gasteiger partial charge in [0, 0.05) is 5.02 Å². The zero-order valence-corrected chi connectivity index (χ0v) is 18.7. The molecule has 0 bridgehead atoms. The third kappa shape index (κ3) is 6.23. The lowest BCUT2D eigenvalue weighted by Crippen LogP contribution is -2.31. The van der Waals surface area contributed by atoms with Crippen molar-refractivity contribution in [2.75, 3.05) is 11.3 Å². The van der Waals surface area contributed by atoms with Crippen LogP contribution in [0.15, 0.2) is 77.7 Å². The summed E-state index contributed by atoms with van der Waals surface area (Å²) >= 11 is 6.05. The van der Waals surface area contributed by atoms with Crippen molar-refractivity contribution in [3.05, 3.63) is 88.9 Å². The number of sulfonamides is 1. The highest BCUT2D eigenvalue weighted by atomic mass is 35.5. The standard InChI is InChI=1S/C23H23ClN2O4S/c1-16-8-9-19(14-22(16)24)26-31(28,29)21-12-10-20(11-13-21)30-15-23(27)25-17(2)18-6-4-3-5-7-18/h3-14,17,26H,15H2,1-2H3,(H,25,27)/t17-/m1/s1. The van der Waals surface area contributed by atoms with Gasteiger partial charge in [0.05, 0.1) is 16.6 Å². The molecule has 8 heteroatoms. The van der Waals surface area contributed by atoms with E-state index in [-0.39, 0.29) is 23.5 Å². The van der Waals surface area contributed by atoms with Crippen molar-refractivity contribution < 1.29 is 17.9 Å². The first-order valence-electron chi connectivity index (χ1n) is 9.61. The van der Waals surface area contributed by atoms with Gasteiger partial charge in [0.25, 0.3) is 15.9 Å². The van der Waals surface area contributed by atoms with Crippen LogP contribution >= 0.6 is 11.6 Å². The van der Waals surface area contributed by atoms with Crippen LogP contribution in [-0.2, 0) is 14.8 Å². The maximum absolute atomic E-state index is 12.6. The van der Waals surface area contributed by atoms with E-state index in [1.165, 1.54) is 24.3 Å². The quantitative estimate of drug-likeness (QED) is 0.512. The molecule has 0 unspecified atom stereocenters. The number of halogens is 1. The minimum atomic E-state index is -3.78. The fourth-order valence-corrected chi connectivity index (χ4v) is 4.07. The van der Waals surface area contributed by atoms with E-state index in [0.717, 1.165) is 11.1 Å². The molecule has 3 aromatic rings. The Morgan fingerprint density at radius 1 is 1.03 bits per heavy atom. The van der Waals surface area contributed by atoms with Crippen LogP contribution in [0, 0.1) is 6.92 Å². The number of aryl methyl sites for hydroxylation is 1. The minimum absolute atomic E-state index is 0.0682. The fourth-order valence-electron chi connectivity index (χ4n) is 2.84. The highest BCUT2D eigenvalue weighted by molar-refractivity contribution is 7.92. The molecule has 1 amide bonds. The van der Waals surface area contributed by atoms with Gasteiger partial charge in [-0.3, -0.25) is 9.52 Å². The van der Waals surface area contributed by atoms with Gasteiger partial charge in [-0.1, -0.05) is 48.0 Å². The topological polar surface area (TPSA) is 84.5 Å². The third-order valence-corrected chi connectivity index (χ3v) is 6.41. The summed E-state index contributed by atoms with van der Waals surface area (Å²) in [4.78, 5) is 12.2. The lowest BCUT2D eigenvalue weighted by molar-refractivity contribution is -0.123. The number of benzene rings is 3. The molecule has 0 aliphatic rings. The summed E-state index contributed by atoms with van der Waals surface area (Å²) in [6.45, 7) is 3.55. The van der Waals surface area contributed by atoms with E-state index in [0.29, 0.717) is 16.5 Å². The van der Waals surface area contributed by atoms with Gasteiger partial charge in [0.2, 0.25) is 0 Å². The first-order chi connectivity index (χ1) is 14.7. The number of hydrogen-bond donors (Lipinski definition) is 2. The van der Waals surface area contributed by atoms with Crippen LogP contribution < -0.4 is 14.8 Å². The average molecular weight is 459 g/mol. The van der Waals surface area contributed by atoms with Gasteiger partial charge >= 0.3 is 0 Å². The Morgan fingerprint density at radius 3 is 2.35 bits per heavy atom. The molecule has 0 heterocycles. The van der Waals surface area contributed by atoms with Crippen molar-refractivity contribution in [1.82, 2.24) is 5.32 Å². The molecule has 0 spiro atoms. The van der Waals surface area contributed by atoms with Gasteiger partial charge in [0.15, 0.2) is 6.61 Å². The van der Waals surface area contributed by atoms with Crippen LogP contribution in [0.25, 0.3) is 0 Å². The van der Waals surface area contributed by atoms with Crippen molar-refractivity contribution in [2.24, 2.45) is 0 Å². The highest BCUT2D eigenvalue weighted by Gasteiger charge is 2.15. The van der Waals surface area contributed by atoms with E-state index >= 15 is 0 Å². The highest BCUT2D eigenvalue weighted by Crippen LogP contribution is 2.23. The van der Waals surface area contributed by atoms with E-state index in [1.807, 2.05) is 44.2 Å². The zero-order valence-electron chi connectivity index (χ0n) is 17.1. The summed E-state index contributed by atoms with van der Waals surface area (Å²) in [5.41, 5.74) is 2.22. The van der Waals surface area contributed by atoms with Crippen LogP contribution in [-0.4, -0.2) is 20.9 Å². The largest absolute Gasteiger partial charge is 0.484 e. The first-order valence-corrected chi connectivity index (χ1v) is 11.5. The Balaban J connectivity index is 1.56. The van der Waals surface area contributed by atoms with Gasteiger partial charge in [-0.25, -0.2) is 8.42 Å². The zero-order chi connectivity index (χ0) is 22.4. The Bertz CT molecular complexity index is 1150. The van der Waals surface area contributed by atoms with Crippen LogP contribution in [0.5, 0.6) is 5.75 Å². The van der Waals surface area contributed by atoms with Gasteiger partial charge in [-0.15, -0.1) is 0 Å². The van der Waals surface area contributed by atoms with Crippen molar-refractivity contribution in [1.29, 1.82) is 0 Å². The number of carbonyl (C=O) groups is 1. The van der Waals surface area contributed by atoms with Gasteiger partial charge in [-0.05, 0) is 61.4 Å². The van der Waals surface area contributed by atoms with Crippen LogP contribution in [0.4, 0.5) is 5.69 Å². The molecular formula is C23H23ClN2O4S. The summed E-state index contributed by atoms with van der Waals surface area (Å²) in [5.74, 6) is 0.116. The molecule has 0 saturated carbocycles. The Morgan fingerprint density at radius 2 is 1.71 bits per heavy atom. The van der Waals surface area contributed by atoms with Crippen molar-refractivity contribution in [2.45, 2.75) is 24.8 Å². The van der Waals surface area contributed by atoms with Crippen LogP contribution in [0.3, 0.4) is 0 Å². The number of hydrogen-bond acceptors (Lipinski definition) is 4. The number of anilines is 1. The molecule has 0 fully saturated rings. The Kier molecular flexibility index (Phi) is 7.20. The Labute approximate surface area is 187 Å². The first kappa shape index (κ1) is 22.7. The molecule has 0 aromatic heterocycles. The summed E-state index contributed by atoms with van der Waals surface area (Å²) in [6, 6.07) is 20.2. The summed E-state index contributed by atoms with van der Waals surface area (Å²) < 4.78 is 33.1. The Hall–Kier alpha value is -3.03. The second kappa shape index (κ2) is 9.85. The molecule has 0 saturated heterocycles. The maximum atomic E-state index is 12.6. The second-order valence-corrected chi connectivity index (χ2v) is 9.12. The summed E-state index contributed by atoms with van der Waals surface area (Å²) in [5, 5.41) is 3.33. The van der Waals surface area contributed by atoms with E-state index in [1.54, 1.807) is 18.2 Å². The number of carbonyl (C=O) groups excluding carboxylic acids is 1. The molecule has 162 valence electrons. The number of rotatable bonds is 8. The van der Waals surface area contributed by atoms with Crippen LogP contribution in [0.1, 0.15) is 24.1 Å². The number of nitrogens with one attached hydrogen (secondary N) is 2. The molecule has 3 aromatic carbocycles. The molecule has 3 rings (SSSR count). The predicted molar refractivity (Wildman–Crippen MR) is 122 cm³/mol. The summed E-state index contributed by atoms with van der Waals surface area (Å²) in [6.07, 6.45) is 0. The maximum Gasteiger partial charge on any atom is 0.261 e.